The second-order valence-electron chi connectivity index (χ2n) is 7.09. The maximum atomic E-state index is 12.7. The summed E-state index contributed by atoms with van der Waals surface area (Å²) in [4.78, 5) is 24.6. The van der Waals surface area contributed by atoms with E-state index in [4.69, 9.17) is 20.9 Å². The molecule has 1 aliphatic rings. The molecule has 3 rings (SSSR count). The predicted molar refractivity (Wildman–Crippen MR) is 98.6 cm³/mol. The molecule has 8 heteroatoms. The number of amides is 1. The van der Waals surface area contributed by atoms with Gasteiger partial charge in [0.05, 0.1) is 11.1 Å². The van der Waals surface area contributed by atoms with Crippen molar-refractivity contribution >= 4 is 23.5 Å². The maximum Gasteiger partial charge on any atom is 0.330 e. The summed E-state index contributed by atoms with van der Waals surface area (Å²) in [5, 5.41) is 16.6. The van der Waals surface area contributed by atoms with E-state index in [0.717, 1.165) is 0 Å². The third-order valence-electron chi connectivity index (χ3n) is 5.34. The van der Waals surface area contributed by atoms with Gasteiger partial charge in [0.1, 0.15) is 5.54 Å². The zero-order valence-electron chi connectivity index (χ0n) is 15.3. The van der Waals surface area contributed by atoms with Crippen molar-refractivity contribution < 1.29 is 24.0 Å². The van der Waals surface area contributed by atoms with Crippen LogP contribution in [0.5, 0.6) is 0 Å². The lowest BCUT2D eigenvalue weighted by Gasteiger charge is -2.58. The van der Waals surface area contributed by atoms with E-state index in [2.05, 4.69) is 10.5 Å². The van der Waals surface area contributed by atoms with Crippen molar-refractivity contribution in [3.63, 3.8) is 0 Å². The van der Waals surface area contributed by atoms with E-state index in [-0.39, 0.29) is 18.2 Å². The molecule has 1 aromatic carbocycles. The van der Waals surface area contributed by atoms with Gasteiger partial charge in [0.15, 0.2) is 11.5 Å². The number of halogens is 1. The van der Waals surface area contributed by atoms with Crippen LogP contribution < -0.4 is 5.32 Å². The Bertz CT molecular complexity index is 878. The summed E-state index contributed by atoms with van der Waals surface area (Å²) in [6.45, 7) is 5.86. The Morgan fingerprint density at radius 3 is 2.70 bits per heavy atom. The number of aromatic nitrogens is 1. The van der Waals surface area contributed by atoms with Crippen LogP contribution >= 0.6 is 11.6 Å². The van der Waals surface area contributed by atoms with Crippen molar-refractivity contribution in [2.75, 3.05) is 6.61 Å². The number of nitrogens with one attached hydrogen (secondary N) is 1. The number of carboxylic acids is 1. The molecular formula is C19H21ClN2O5. The van der Waals surface area contributed by atoms with Gasteiger partial charge in [-0.1, -0.05) is 42.7 Å². The Morgan fingerprint density at radius 1 is 1.41 bits per heavy atom. The van der Waals surface area contributed by atoms with Gasteiger partial charge in [-0.25, -0.2) is 4.79 Å². The first-order valence-corrected chi connectivity index (χ1v) is 9.00. The van der Waals surface area contributed by atoms with Gasteiger partial charge in [0, 0.05) is 30.1 Å². The van der Waals surface area contributed by atoms with E-state index in [1.165, 1.54) is 6.07 Å². The quantitative estimate of drug-likeness (QED) is 0.781. The van der Waals surface area contributed by atoms with E-state index in [0.29, 0.717) is 23.0 Å². The highest BCUT2D eigenvalue weighted by Crippen LogP contribution is 2.51. The minimum Gasteiger partial charge on any atom is -0.479 e. The van der Waals surface area contributed by atoms with Crippen molar-refractivity contribution in [1.82, 2.24) is 10.5 Å². The van der Waals surface area contributed by atoms with Crippen LogP contribution in [0.2, 0.25) is 5.02 Å². The summed E-state index contributed by atoms with van der Waals surface area (Å²) in [6, 6.07) is 8.44. The first-order chi connectivity index (χ1) is 12.7. The zero-order chi connectivity index (χ0) is 19.8. The molecule has 2 aromatic rings. The summed E-state index contributed by atoms with van der Waals surface area (Å²) in [7, 11) is 0. The van der Waals surface area contributed by atoms with Crippen LogP contribution in [-0.4, -0.2) is 40.4 Å². The molecule has 2 unspecified atom stereocenters. The van der Waals surface area contributed by atoms with Crippen LogP contribution in [-0.2, 0) is 9.53 Å². The minimum atomic E-state index is -1.44. The highest BCUT2D eigenvalue weighted by Gasteiger charge is 2.66. The van der Waals surface area contributed by atoms with Crippen LogP contribution in [0.3, 0.4) is 0 Å². The highest BCUT2D eigenvalue weighted by molar-refractivity contribution is 6.33. The van der Waals surface area contributed by atoms with Gasteiger partial charge in [-0.2, -0.15) is 0 Å². The molecule has 0 spiro atoms. The van der Waals surface area contributed by atoms with Gasteiger partial charge in [0.2, 0.25) is 0 Å². The number of nitrogens with zero attached hydrogens (tertiary/aromatic N) is 1. The molecule has 1 amide bonds. The van der Waals surface area contributed by atoms with Gasteiger partial charge < -0.3 is 19.7 Å². The van der Waals surface area contributed by atoms with Crippen LogP contribution in [0.1, 0.15) is 37.7 Å². The minimum absolute atomic E-state index is 0.0128. The number of carbonyl (C=O) groups excluding carboxylic acids is 1. The molecule has 2 N–H and O–H groups in total. The molecule has 0 saturated heterocycles. The average molecular weight is 393 g/mol. The molecule has 2 atom stereocenters. The lowest BCUT2D eigenvalue weighted by Crippen LogP contribution is -2.76. The third kappa shape index (κ3) is 3.11. The number of hydrogen-bond donors (Lipinski definition) is 2. The first kappa shape index (κ1) is 19.4. The zero-order valence-corrected chi connectivity index (χ0v) is 16.0. The topological polar surface area (TPSA) is 102 Å². The van der Waals surface area contributed by atoms with Gasteiger partial charge in [-0.15, -0.1) is 0 Å². The van der Waals surface area contributed by atoms with Crippen molar-refractivity contribution in [3.8, 4) is 11.3 Å². The first-order valence-electron chi connectivity index (χ1n) is 8.62. The smallest absolute Gasteiger partial charge is 0.330 e. The third-order valence-corrected chi connectivity index (χ3v) is 5.67. The molecule has 144 valence electrons. The highest BCUT2D eigenvalue weighted by atomic mass is 35.5. The summed E-state index contributed by atoms with van der Waals surface area (Å²) >= 11 is 6.13. The number of carboxylic acid groups (broad SMARTS) is 1. The molecule has 1 heterocycles. The fourth-order valence-corrected chi connectivity index (χ4v) is 3.69. The van der Waals surface area contributed by atoms with Gasteiger partial charge in [-0.3, -0.25) is 4.79 Å². The molecule has 1 aliphatic carbocycles. The largest absolute Gasteiger partial charge is 0.479 e. The van der Waals surface area contributed by atoms with Crippen LogP contribution in [0.25, 0.3) is 11.3 Å². The normalized spacial score (nSPS) is 23.5. The molecule has 0 bridgehead atoms. The lowest BCUT2D eigenvalue weighted by atomic mass is 9.54. The second kappa shape index (κ2) is 6.98. The summed E-state index contributed by atoms with van der Waals surface area (Å²) in [5.74, 6) is -1.40. The monoisotopic (exact) mass is 392 g/mol. The van der Waals surface area contributed by atoms with Crippen molar-refractivity contribution in [1.29, 1.82) is 0 Å². The summed E-state index contributed by atoms with van der Waals surface area (Å²) in [5.41, 5.74) is -1.63. The molecular weight excluding hydrogens is 372 g/mol. The number of benzene rings is 1. The summed E-state index contributed by atoms with van der Waals surface area (Å²) in [6.07, 6.45) is -0.0701. The summed E-state index contributed by atoms with van der Waals surface area (Å²) < 4.78 is 10.8. The Kier molecular flexibility index (Phi) is 5.01. The average Bonchev–Trinajstić information content (AvgIpc) is 3.10. The fourth-order valence-electron chi connectivity index (χ4n) is 3.47. The lowest BCUT2D eigenvalue weighted by molar-refractivity contribution is -0.190. The van der Waals surface area contributed by atoms with E-state index >= 15 is 0 Å². The number of aliphatic carboxylic acids is 1. The second-order valence-corrected chi connectivity index (χ2v) is 7.50. The molecule has 0 radical (unpaired) electrons. The van der Waals surface area contributed by atoms with E-state index in [1.54, 1.807) is 38.1 Å². The van der Waals surface area contributed by atoms with Crippen molar-refractivity contribution in [2.24, 2.45) is 5.41 Å². The van der Waals surface area contributed by atoms with Crippen molar-refractivity contribution in [3.05, 3.63) is 41.0 Å². The van der Waals surface area contributed by atoms with E-state index < -0.39 is 22.8 Å². The number of hydrogen-bond acceptors (Lipinski definition) is 5. The maximum absolute atomic E-state index is 12.7. The van der Waals surface area contributed by atoms with Gasteiger partial charge in [-0.05, 0) is 19.1 Å². The SMILES string of the molecule is CCOC1CC(NC(=O)c2cc(-c3ccccc3Cl)on2)(C(=O)O)C1(C)C. The molecule has 0 aliphatic heterocycles. The molecule has 1 saturated carbocycles. The molecule has 7 nitrogen and oxygen atoms in total. The number of carbonyl (C=O) groups is 2. The van der Waals surface area contributed by atoms with Gasteiger partial charge >= 0.3 is 5.97 Å². The van der Waals surface area contributed by atoms with Crippen LogP contribution in [0.15, 0.2) is 34.9 Å². The number of rotatable bonds is 6. The fraction of sp³-hybridized carbons (Fsp3) is 0.421. The Balaban J connectivity index is 1.83. The standard InChI is InChI=1S/C19H21ClN2O5/c1-4-26-15-10-19(17(24)25,18(15,2)3)21-16(23)13-9-14(27-22-13)11-7-5-6-8-12(11)20/h5-9,15H,4,10H2,1-3H3,(H,21,23)(H,24,25). The molecule has 1 fully saturated rings. The molecule has 27 heavy (non-hydrogen) atoms. The van der Waals surface area contributed by atoms with Crippen molar-refractivity contribution in [2.45, 2.75) is 38.8 Å². The Labute approximate surface area is 161 Å². The van der Waals surface area contributed by atoms with E-state index in [1.807, 2.05) is 6.92 Å². The van der Waals surface area contributed by atoms with Crippen LogP contribution in [0, 0.1) is 5.41 Å². The van der Waals surface area contributed by atoms with E-state index in [9.17, 15) is 14.7 Å². The van der Waals surface area contributed by atoms with Crippen LogP contribution in [0.4, 0.5) is 0 Å². The Hall–Kier alpha value is -2.38. The van der Waals surface area contributed by atoms with Gasteiger partial charge in [0.25, 0.3) is 5.91 Å². The predicted octanol–water partition coefficient (Wildman–Crippen LogP) is 3.38. The Morgan fingerprint density at radius 2 is 2.11 bits per heavy atom. The number of ether oxygens (including phenoxy) is 1. The molecule has 1 aromatic heterocycles.